The van der Waals surface area contributed by atoms with Gasteiger partial charge in [-0.2, -0.15) is 0 Å². The predicted molar refractivity (Wildman–Crippen MR) is 109 cm³/mol. The second-order valence-electron chi connectivity index (χ2n) is 6.68. The lowest BCUT2D eigenvalue weighted by molar-refractivity contribution is -0.118. The van der Waals surface area contributed by atoms with Crippen LogP contribution in [-0.2, 0) is 9.53 Å². The maximum atomic E-state index is 12.2. The molecule has 0 spiro atoms. The van der Waals surface area contributed by atoms with Gasteiger partial charge in [-0.05, 0) is 62.1 Å². The summed E-state index contributed by atoms with van der Waals surface area (Å²) in [5.74, 6) is 1.24. The minimum absolute atomic E-state index is 0.0513. The Morgan fingerprint density at radius 1 is 1.22 bits per heavy atom. The molecule has 144 valence electrons. The zero-order valence-electron chi connectivity index (χ0n) is 15.6. The molecule has 0 aliphatic carbocycles. The Kier molecular flexibility index (Phi) is 6.74. The molecule has 1 N–H and O–H groups in total. The third-order valence-corrected chi connectivity index (χ3v) is 4.81. The van der Waals surface area contributed by atoms with Crippen LogP contribution in [0, 0.1) is 13.8 Å². The van der Waals surface area contributed by atoms with Gasteiger partial charge in [0.1, 0.15) is 18.1 Å². The van der Waals surface area contributed by atoms with Gasteiger partial charge in [0.25, 0.3) is 5.91 Å². The first-order valence-corrected chi connectivity index (χ1v) is 9.84. The summed E-state index contributed by atoms with van der Waals surface area (Å²) < 4.78 is 18.0. The normalized spacial score (nSPS) is 16.2. The van der Waals surface area contributed by atoms with Crippen LogP contribution >= 0.6 is 15.9 Å². The molecule has 1 saturated heterocycles. The zero-order valence-corrected chi connectivity index (χ0v) is 17.2. The highest BCUT2D eigenvalue weighted by atomic mass is 79.9. The van der Waals surface area contributed by atoms with E-state index < -0.39 is 0 Å². The first-order chi connectivity index (χ1) is 13.0. The standard InChI is InChI=1S/C21H24BrNO4/c1-14-9-16(22)10-15(2)21(14)27-13-20(24)23-17-5-3-6-18(11-17)26-12-19-7-4-8-25-19/h3,5-6,9-11,19H,4,7-8,12-13H2,1-2H3,(H,23,24). The topological polar surface area (TPSA) is 56.8 Å². The summed E-state index contributed by atoms with van der Waals surface area (Å²) in [4.78, 5) is 12.2. The second-order valence-corrected chi connectivity index (χ2v) is 7.60. The van der Waals surface area contributed by atoms with Crippen molar-refractivity contribution in [3.63, 3.8) is 0 Å². The summed E-state index contributed by atoms with van der Waals surface area (Å²) in [5.41, 5.74) is 2.65. The van der Waals surface area contributed by atoms with Crippen molar-refractivity contribution in [1.82, 2.24) is 0 Å². The van der Waals surface area contributed by atoms with Gasteiger partial charge in [0.15, 0.2) is 6.61 Å². The van der Waals surface area contributed by atoms with Crippen LogP contribution in [0.1, 0.15) is 24.0 Å². The second kappa shape index (κ2) is 9.24. The molecule has 6 heteroatoms. The van der Waals surface area contributed by atoms with Crippen LogP contribution in [0.25, 0.3) is 0 Å². The summed E-state index contributed by atoms with van der Waals surface area (Å²) >= 11 is 3.46. The molecule has 5 nitrogen and oxygen atoms in total. The lowest BCUT2D eigenvalue weighted by Gasteiger charge is -2.14. The average Bonchev–Trinajstić information content (AvgIpc) is 3.13. The quantitative estimate of drug-likeness (QED) is 0.690. The lowest BCUT2D eigenvalue weighted by atomic mass is 10.1. The van der Waals surface area contributed by atoms with Crippen molar-refractivity contribution in [3.8, 4) is 11.5 Å². The highest BCUT2D eigenvalue weighted by Gasteiger charge is 2.16. The molecule has 0 aromatic heterocycles. The summed E-state index contributed by atoms with van der Waals surface area (Å²) in [6.45, 7) is 5.20. The minimum atomic E-state index is -0.215. The Bertz CT molecular complexity index is 780. The van der Waals surface area contributed by atoms with Crippen molar-refractivity contribution < 1.29 is 19.0 Å². The van der Waals surface area contributed by atoms with Crippen molar-refractivity contribution in [2.75, 3.05) is 25.1 Å². The number of amides is 1. The first-order valence-electron chi connectivity index (χ1n) is 9.05. The van der Waals surface area contributed by atoms with Crippen LogP contribution in [0.15, 0.2) is 40.9 Å². The SMILES string of the molecule is Cc1cc(Br)cc(C)c1OCC(=O)Nc1cccc(OCC2CCCO2)c1. The summed E-state index contributed by atoms with van der Waals surface area (Å²) in [5, 5.41) is 2.85. The van der Waals surface area contributed by atoms with E-state index in [4.69, 9.17) is 14.2 Å². The van der Waals surface area contributed by atoms with Gasteiger partial charge in [0.2, 0.25) is 0 Å². The fourth-order valence-corrected chi connectivity index (χ4v) is 3.78. The van der Waals surface area contributed by atoms with Crippen molar-refractivity contribution in [2.45, 2.75) is 32.8 Å². The predicted octanol–water partition coefficient (Wildman–Crippen LogP) is 4.64. The van der Waals surface area contributed by atoms with Crippen LogP contribution < -0.4 is 14.8 Å². The number of anilines is 1. The van der Waals surface area contributed by atoms with Crippen molar-refractivity contribution >= 4 is 27.5 Å². The molecule has 1 unspecified atom stereocenters. The molecule has 1 heterocycles. The van der Waals surface area contributed by atoms with Gasteiger partial charge in [-0.15, -0.1) is 0 Å². The molecular weight excluding hydrogens is 410 g/mol. The van der Waals surface area contributed by atoms with Gasteiger partial charge in [-0.1, -0.05) is 22.0 Å². The highest BCUT2D eigenvalue weighted by molar-refractivity contribution is 9.10. The van der Waals surface area contributed by atoms with Crippen LogP contribution in [0.4, 0.5) is 5.69 Å². The van der Waals surface area contributed by atoms with Gasteiger partial charge in [-0.3, -0.25) is 4.79 Å². The molecule has 1 fully saturated rings. The molecule has 2 aromatic rings. The third kappa shape index (κ3) is 5.71. The van der Waals surface area contributed by atoms with Crippen LogP contribution in [0.5, 0.6) is 11.5 Å². The molecule has 1 amide bonds. The number of rotatable bonds is 7. The van der Waals surface area contributed by atoms with E-state index in [0.29, 0.717) is 18.0 Å². The summed E-state index contributed by atoms with van der Waals surface area (Å²) in [6, 6.07) is 11.3. The number of halogens is 1. The maximum Gasteiger partial charge on any atom is 0.262 e. The van der Waals surface area contributed by atoms with Crippen LogP contribution in [0.2, 0.25) is 0 Å². The Morgan fingerprint density at radius 2 is 2.00 bits per heavy atom. The first kappa shape index (κ1) is 19.7. The van der Waals surface area contributed by atoms with Crippen molar-refractivity contribution in [1.29, 1.82) is 0 Å². The van der Waals surface area contributed by atoms with E-state index in [1.165, 1.54) is 0 Å². The van der Waals surface area contributed by atoms with Crippen LogP contribution in [-0.4, -0.2) is 31.8 Å². The third-order valence-electron chi connectivity index (χ3n) is 4.35. The van der Waals surface area contributed by atoms with Crippen LogP contribution in [0.3, 0.4) is 0 Å². The number of ether oxygens (including phenoxy) is 3. The number of hydrogen-bond acceptors (Lipinski definition) is 4. The molecule has 2 aromatic carbocycles. The number of carbonyl (C=O) groups excluding carboxylic acids is 1. The Hall–Kier alpha value is -2.05. The van der Waals surface area contributed by atoms with E-state index in [0.717, 1.165) is 40.8 Å². The molecule has 0 saturated carbocycles. The number of carbonyl (C=O) groups is 1. The summed E-state index contributed by atoms with van der Waals surface area (Å²) in [6.07, 6.45) is 2.28. The van der Waals surface area contributed by atoms with E-state index in [2.05, 4.69) is 21.2 Å². The van der Waals surface area contributed by atoms with Gasteiger partial charge in [0.05, 0.1) is 6.10 Å². The van der Waals surface area contributed by atoms with Gasteiger partial charge in [-0.25, -0.2) is 0 Å². The largest absolute Gasteiger partial charge is 0.491 e. The van der Waals surface area contributed by atoms with Gasteiger partial charge < -0.3 is 19.5 Å². The molecule has 1 atom stereocenters. The molecular formula is C21H24BrNO4. The molecule has 3 rings (SSSR count). The lowest BCUT2D eigenvalue weighted by Crippen LogP contribution is -2.21. The van der Waals surface area contributed by atoms with Crippen molar-refractivity contribution in [2.24, 2.45) is 0 Å². The Labute approximate surface area is 168 Å². The smallest absolute Gasteiger partial charge is 0.262 e. The van der Waals surface area contributed by atoms with E-state index in [-0.39, 0.29) is 18.6 Å². The molecule has 1 aliphatic rings. The Morgan fingerprint density at radius 3 is 2.70 bits per heavy atom. The number of hydrogen-bond donors (Lipinski definition) is 1. The highest BCUT2D eigenvalue weighted by Crippen LogP contribution is 2.27. The zero-order chi connectivity index (χ0) is 19.2. The van der Waals surface area contributed by atoms with Gasteiger partial charge >= 0.3 is 0 Å². The average molecular weight is 434 g/mol. The monoisotopic (exact) mass is 433 g/mol. The van der Waals surface area contributed by atoms with Gasteiger partial charge in [0, 0.05) is 22.8 Å². The van der Waals surface area contributed by atoms with E-state index in [1.54, 1.807) is 0 Å². The minimum Gasteiger partial charge on any atom is -0.491 e. The van der Waals surface area contributed by atoms with E-state index >= 15 is 0 Å². The maximum absolute atomic E-state index is 12.2. The summed E-state index contributed by atoms with van der Waals surface area (Å²) in [7, 11) is 0. The molecule has 0 bridgehead atoms. The molecule has 1 aliphatic heterocycles. The van der Waals surface area contributed by atoms with Crippen molar-refractivity contribution in [3.05, 3.63) is 52.0 Å². The molecule has 27 heavy (non-hydrogen) atoms. The number of aryl methyl sites for hydroxylation is 2. The fraction of sp³-hybridized carbons (Fsp3) is 0.381. The number of nitrogens with one attached hydrogen (secondary N) is 1. The molecule has 0 radical (unpaired) electrons. The van der Waals surface area contributed by atoms with E-state index in [9.17, 15) is 4.79 Å². The number of benzene rings is 2. The Balaban J connectivity index is 1.52. The van der Waals surface area contributed by atoms with E-state index in [1.807, 2.05) is 50.2 Å². The fourth-order valence-electron chi connectivity index (χ4n) is 3.09.